The van der Waals surface area contributed by atoms with Crippen molar-refractivity contribution in [2.75, 3.05) is 13.1 Å². The molecule has 2 amide bonds. The highest BCUT2D eigenvalue weighted by molar-refractivity contribution is 5.87. The van der Waals surface area contributed by atoms with E-state index in [9.17, 15) is 9.59 Å². The third-order valence-corrected chi connectivity index (χ3v) is 3.50. The van der Waals surface area contributed by atoms with Crippen molar-refractivity contribution in [3.8, 4) is 0 Å². The maximum absolute atomic E-state index is 12.3. The van der Waals surface area contributed by atoms with Gasteiger partial charge in [0.15, 0.2) is 0 Å². The molecule has 1 aromatic carbocycles. The third-order valence-electron chi connectivity index (χ3n) is 3.50. The Morgan fingerprint density at radius 1 is 1.22 bits per heavy atom. The number of rotatable bonds is 8. The maximum Gasteiger partial charge on any atom is 0.242 e. The molecule has 1 rings (SSSR count). The van der Waals surface area contributed by atoms with Gasteiger partial charge in [0.1, 0.15) is 0 Å². The van der Waals surface area contributed by atoms with Crippen molar-refractivity contribution in [1.29, 1.82) is 0 Å². The molecule has 0 radical (unpaired) electrons. The van der Waals surface area contributed by atoms with Crippen LogP contribution in [0.25, 0.3) is 0 Å². The van der Waals surface area contributed by atoms with Gasteiger partial charge in [-0.1, -0.05) is 51.1 Å². The monoisotopic (exact) mass is 341 g/mol. The molecule has 0 saturated carbocycles. The number of halogens is 1. The SMILES string of the molecule is CCCN(Cc1ccccc1)C(=O)CNC(=O)[C@@H](N)C(C)C.Cl. The van der Waals surface area contributed by atoms with Gasteiger partial charge in [-0.05, 0) is 17.9 Å². The fourth-order valence-corrected chi connectivity index (χ4v) is 2.06. The molecule has 23 heavy (non-hydrogen) atoms. The van der Waals surface area contributed by atoms with Crippen molar-refractivity contribution >= 4 is 24.2 Å². The Morgan fingerprint density at radius 3 is 2.35 bits per heavy atom. The van der Waals surface area contributed by atoms with Crippen LogP contribution in [0, 0.1) is 5.92 Å². The molecule has 3 N–H and O–H groups in total. The average Bonchev–Trinajstić information content (AvgIpc) is 2.52. The molecular weight excluding hydrogens is 314 g/mol. The van der Waals surface area contributed by atoms with Gasteiger partial charge in [0.25, 0.3) is 0 Å². The van der Waals surface area contributed by atoms with Gasteiger partial charge < -0.3 is 16.0 Å². The van der Waals surface area contributed by atoms with Gasteiger partial charge in [0.05, 0.1) is 12.6 Å². The number of nitrogens with two attached hydrogens (primary N) is 1. The van der Waals surface area contributed by atoms with Crippen LogP contribution in [0.5, 0.6) is 0 Å². The third kappa shape index (κ3) is 7.48. The predicted octanol–water partition coefficient (Wildman–Crippen LogP) is 1.95. The summed E-state index contributed by atoms with van der Waals surface area (Å²) in [6.07, 6.45) is 0.873. The molecule has 0 heterocycles. The Labute approximate surface area is 145 Å². The highest BCUT2D eigenvalue weighted by Gasteiger charge is 2.19. The second-order valence-corrected chi connectivity index (χ2v) is 5.79. The second kappa shape index (κ2) is 11.0. The van der Waals surface area contributed by atoms with Gasteiger partial charge >= 0.3 is 0 Å². The van der Waals surface area contributed by atoms with Crippen LogP contribution in [-0.4, -0.2) is 35.8 Å². The largest absolute Gasteiger partial charge is 0.346 e. The Hall–Kier alpha value is -1.59. The van der Waals surface area contributed by atoms with Gasteiger partial charge in [-0.15, -0.1) is 12.4 Å². The highest BCUT2D eigenvalue weighted by Crippen LogP contribution is 2.05. The number of nitrogens with zero attached hydrogens (tertiary/aromatic N) is 1. The first kappa shape index (κ1) is 21.4. The van der Waals surface area contributed by atoms with Gasteiger partial charge in [0.2, 0.25) is 11.8 Å². The van der Waals surface area contributed by atoms with Crippen LogP contribution in [0.1, 0.15) is 32.8 Å². The summed E-state index contributed by atoms with van der Waals surface area (Å²) in [4.78, 5) is 25.9. The van der Waals surface area contributed by atoms with Gasteiger partial charge in [0, 0.05) is 13.1 Å². The maximum atomic E-state index is 12.3. The van der Waals surface area contributed by atoms with E-state index in [1.165, 1.54) is 0 Å². The van der Waals surface area contributed by atoms with Crippen molar-refractivity contribution in [3.05, 3.63) is 35.9 Å². The lowest BCUT2D eigenvalue weighted by Gasteiger charge is -2.23. The zero-order chi connectivity index (χ0) is 16.5. The minimum atomic E-state index is -0.582. The van der Waals surface area contributed by atoms with Crippen LogP contribution in [0.3, 0.4) is 0 Å². The van der Waals surface area contributed by atoms with E-state index in [4.69, 9.17) is 5.73 Å². The van der Waals surface area contributed by atoms with Crippen molar-refractivity contribution < 1.29 is 9.59 Å². The Balaban J connectivity index is 0.00000484. The zero-order valence-electron chi connectivity index (χ0n) is 14.1. The van der Waals surface area contributed by atoms with Gasteiger partial charge in [-0.25, -0.2) is 0 Å². The quantitative estimate of drug-likeness (QED) is 0.758. The fraction of sp³-hybridized carbons (Fsp3) is 0.529. The summed E-state index contributed by atoms with van der Waals surface area (Å²) < 4.78 is 0. The standard InChI is InChI=1S/C17H27N3O2.ClH/c1-4-10-20(12-14-8-6-5-7-9-14)15(21)11-19-17(22)16(18)13(2)3;/h5-9,13,16H,4,10-12,18H2,1-3H3,(H,19,22);1H/t16-;/m0./s1. The lowest BCUT2D eigenvalue weighted by Crippen LogP contribution is -2.47. The first-order valence-electron chi connectivity index (χ1n) is 7.80. The van der Waals surface area contributed by atoms with Crippen molar-refractivity contribution in [2.45, 2.75) is 39.8 Å². The Kier molecular flexibility index (Phi) is 10.3. The molecule has 0 aliphatic heterocycles. The summed E-state index contributed by atoms with van der Waals surface area (Å²) in [5.41, 5.74) is 6.85. The minimum absolute atomic E-state index is 0. The summed E-state index contributed by atoms with van der Waals surface area (Å²) in [7, 11) is 0. The van der Waals surface area contributed by atoms with Gasteiger partial charge in [-0.2, -0.15) is 0 Å². The molecule has 1 atom stereocenters. The molecule has 6 heteroatoms. The normalized spacial score (nSPS) is 11.5. The highest BCUT2D eigenvalue weighted by atomic mass is 35.5. The summed E-state index contributed by atoms with van der Waals surface area (Å²) in [5.74, 6) is -0.319. The summed E-state index contributed by atoms with van der Waals surface area (Å²) >= 11 is 0. The number of benzene rings is 1. The summed E-state index contributed by atoms with van der Waals surface area (Å²) in [6.45, 7) is 7.00. The van der Waals surface area contributed by atoms with Crippen LogP contribution < -0.4 is 11.1 Å². The number of carbonyl (C=O) groups is 2. The van der Waals surface area contributed by atoms with Crippen molar-refractivity contribution in [1.82, 2.24) is 10.2 Å². The van der Waals surface area contributed by atoms with E-state index >= 15 is 0 Å². The van der Waals surface area contributed by atoms with Crippen LogP contribution in [-0.2, 0) is 16.1 Å². The zero-order valence-corrected chi connectivity index (χ0v) is 14.9. The molecule has 0 fully saturated rings. The molecule has 0 saturated heterocycles. The van der Waals surface area contributed by atoms with Crippen LogP contribution in [0.4, 0.5) is 0 Å². The molecule has 0 unspecified atom stereocenters. The minimum Gasteiger partial charge on any atom is -0.346 e. The van der Waals surface area contributed by atoms with Crippen LogP contribution >= 0.6 is 12.4 Å². The van der Waals surface area contributed by atoms with E-state index in [0.717, 1.165) is 12.0 Å². The molecule has 130 valence electrons. The van der Waals surface area contributed by atoms with E-state index in [1.807, 2.05) is 51.1 Å². The molecule has 1 aromatic rings. The molecule has 0 aliphatic carbocycles. The summed E-state index contributed by atoms with van der Waals surface area (Å²) in [5, 5.41) is 2.63. The van der Waals surface area contributed by atoms with Crippen LogP contribution in [0.15, 0.2) is 30.3 Å². The van der Waals surface area contributed by atoms with Crippen LogP contribution in [0.2, 0.25) is 0 Å². The summed E-state index contributed by atoms with van der Waals surface area (Å²) in [6, 6.07) is 9.25. The van der Waals surface area contributed by atoms with Crippen molar-refractivity contribution in [3.63, 3.8) is 0 Å². The van der Waals surface area contributed by atoms with E-state index in [2.05, 4.69) is 5.32 Å². The van der Waals surface area contributed by atoms with E-state index in [-0.39, 0.29) is 36.7 Å². The molecule has 0 aliphatic rings. The number of nitrogens with one attached hydrogen (secondary N) is 1. The van der Waals surface area contributed by atoms with Gasteiger partial charge in [-0.3, -0.25) is 9.59 Å². The lowest BCUT2D eigenvalue weighted by atomic mass is 10.1. The molecular formula is C17H28ClN3O2. The van der Waals surface area contributed by atoms with E-state index in [0.29, 0.717) is 13.1 Å². The number of hydrogen-bond acceptors (Lipinski definition) is 3. The first-order chi connectivity index (χ1) is 10.5. The Bertz CT molecular complexity index is 480. The predicted molar refractivity (Wildman–Crippen MR) is 95.2 cm³/mol. The average molecular weight is 342 g/mol. The molecule has 0 bridgehead atoms. The molecule has 5 nitrogen and oxygen atoms in total. The van der Waals surface area contributed by atoms with E-state index in [1.54, 1.807) is 4.90 Å². The van der Waals surface area contributed by atoms with Crippen molar-refractivity contribution in [2.24, 2.45) is 11.7 Å². The fourth-order valence-electron chi connectivity index (χ4n) is 2.06. The number of carbonyl (C=O) groups excluding carboxylic acids is 2. The first-order valence-corrected chi connectivity index (χ1v) is 7.80. The lowest BCUT2D eigenvalue weighted by molar-refractivity contribution is -0.133. The van der Waals surface area contributed by atoms with E-state index < -0.39 is 6.04 Å². The molecule has 0 aromatic heterocycles. The second-order valence-electron chi connectivity index (χ2n) is 5.79. The molecule has 0 spiro atoms. The number of amides is 2. The number of hydrogen-bond donors (Lipinski definition) is 2. The Morgan fingerprint density at radius 2 is 1.83 bits per heavy atom. The topological polar surface area (TPSA) is 75.4 Å². The smallest absolute Gasteiger partial charge is 0.242 e.